The number of unbranched alkanes of at least 4 members (excludes halogenated alkanes) is 1. The van der Waals surface area contributed by atoms with Crippen LogP contribution in [0.3, 0.4) is 0 Å². The van der Waals surface area contributed by atoms with Crippen molar-refractivity contribution in [1.29, 1.82) is 0 Å². The summed E-state index contributed by atoms with van der Waals surface area (Å²) in [6.45, 7) is 8.15. The van der Waals surface area contributed by atoms with E-state index in [-0.39, 0.29) is 12.1 Å². The van der Waals surface area contributed by atoms with Gasteiger partial charge < -0.3 is 4.74 Å². The largest absolute Gasteiger partial charge is 0.458 e. The number of hydrogen-bond donors (Lipinski definition) is 0. The minimum Gasteiger partial charge on any atom is -0.458 e. The van der Waals surface area contributed by atoms with Crippen LogP contribution < -0.4 is 0 Å². The Kier molecular flexibility index (Phi) is 5.20. The summed E-state index contributed by atoms with van der Waals surface area (Å²) in [6, 6.07) is 6.19. The van der Waals surface area contributed by atoms with Crippen molar-refractivity contribution in [3.8, 4) is 0 Å². The third-order valence-electron chi connectivity index (χ3n) is 3.04. The Bertz CT molecular complexity index is 383. The molecule has 0 heterocycles. The molecule has 1 rings (SSSR count). The van der Waals surface area contributed by atoms with Crippen molar-refractivity contribution in [3.05, 3.63) is 34.9 Å². The lowest BCUT2D eigenvalue weighted by atomic mass is 10.0. The molecule has 0 aromatic heterocycles. The highest BCUT2D eigenvalue weighted by Crippen LogP contribution is 2.20. The molecule has 0 N–H and O–H groups in total. The summed E-state index contributed by atoms with van der Waals surface area (Å²) in [6.07, 6.45) is 2.29. The lowest BCUT2D eigenvalue weighted by Gasteiger charge is -2.14. The number of esters is 1. The summed E-state index contributed by atoms with van der Waals surface area (Å²) in [5.41, 5.74) is 3.56. The van der Waals surface area contributed by atoms with Crippen molar-refractivity contribution < 1.29 is 9.53 Å². The third-order valence-corrected chi connectivity index (χ3v) is 3.04. The molecule has 0 aliphatic heterocycles. The Labute approximate surface area is 104 Å². The normalized spacial score (nSPS) is 12.2. The molecule has 2 nitrogen and oxygen atoms in total. The summed E-state index contributed by atoms with van der Waals surface area (Å²) in [4.78, 5) is 11.5. The molecular weight excluding hydrogens is 212 g/mol. The first kappa shape index (κ1) is 13.8. The lowest BCUT2D eigenvalue weighted by Crippen LogP contribution is -2.08. The van der Waals surface area contributed by atoms with Crippen molar-refractivity contribution in [2.75, 3.05) is 0 Å². The fourth-order valence-corrected chi connectivity index (χ4v) is 1.66. The summed E-state index contributed by atoms with van der Waals surface area (Å²) >= 11 is 0. The fourth-order valence-electron chi connectivity index (χ4n) is 1.66. The molecule has 1 aromatic rings. The highest BCUT2D eigenvalue weighted by atomic mass is 16.5. The molecule has 0 aliphatic carbocycles. The molecule has 94 valence electrons. The molecule has 0 bridgehead atoms. The van der Waals surface area contributed by atoms with Gasteiger partial charge in [-0.2, -0.15) is 0 Å². The van der Waals surface area contributed by atoms with Crippen LogP contribution in [0.2, 0.25) is 0 Å². The minimum absolute atomic E-state index is 0.0995. The van der Waals surface area contributed by atoms with Crippen molar-refractivity contribution in [2.45, 2.75) is 53.1 Å². The molecule has 0 aliphatic rings. The number of benzene rings is 1. The van der Waals surface area contributed by atoms with E-state index in [9.17, 15) is 4.79 Å². The quantitative estimate of drug-likeness (QED) is 0.717. The zero-order chi connectivity index (χ0) is 12.8. The average molecular weight is 234 g/mol. The summed E-state index contributed by atoms with van der Waals surface area (Å²) < 4.78 is 5.39. The predicted octanol–water partition coefficient (Wildman–Crippen LogP) is 4.10. The third kappa shape index (κ3) is 4.22. The SMILES string of the molecule is CCCCC(=O)O[C@H](C)c1ccc(C)c(C)c1. The fraction of sp³-hybridized carbons (Fsp3) is 0.533. The zero-order valence-corrected chi connectivity index (χ0v) is 11.2. The molecule has 1 atom stereocenters. The van der Waals surface area contributed by atoms with E-state index in [4.69, 9.17) is 4.74 Å². The summed E-state index contributed by atoms with van der Waals surface area (Å²) in [5, 5.41) is 0. The Morgan fingerprint density at radius 1 is 1.29 bits per heavy atom. The van der Waals surface area contributed by atoms with Crippen LogP contribution in [-0.4, -0.2) is 5.97 Å². The first-order valence-electron chi connectivity index (χ1n) is 6.31. The molecular formula is C15H22O2. The van der Waals surface area contributed by atoms with Gasteiger partial charge in [-0.05, 0) is 43.9 Å². The van der Waals surface area contributed by atoms with Crippen LogP contribution in [0.15, 0.2) is 18.2 Å². The molecule has 0 amide bonds. The van der Waals surface area contributed by atoms with E-state index in [0.717, 1.165) is 18.4 Å². The van der Waals surface area contributed by atoms with Gasteiger partial charge in [0.05, 0.1) is 0 Å². The van der Waals surface area contributed by atoms with Gasteiger partial charge in [-0.1, -0.05) is 31.5 Å². The second kappa shape index (κ2) is 6.43. The van der Waals surface area contributed by atoms with Crippen LogP contribution in [0, 0.1) is 13.8 Å². The number of carbonyl (C=O) groups excluding carboxylic acids is 1. The molecule has 2 heteroatoms. The van der Waals surface area contributed by atoms with Crippen molar-refractivity contribution in [3.63, 3.8) is 0 Å². The van der Waals surface area contributed by atoms with E-state index in [1.54, 1.807) is 0 Å². The maximum Gasteiger partial charge on any atom is 0.306 e. The number of rotatable bonds is 5. The lowest BCUT2D eigenvalue weighted by molar-refractivity contribution is -0.148. The standard InChI is InChI=1S/C15H22O2/c1-5-6-7-15(16)17-13(4)14-9-8-11(2)12(3)10-14/h8-10,13H,5-7H2,1-4H3/t13-/m1/s1. The summed E-state index contributed by atoms with van der Waals surface area (Å²) in [5.74, 6) is -0.0995. The van der Waals surface area contributed by atoms with Gasteiger partial charge in [0.1, 0.15) is 6.10 Å². The second-order valence-electron chi connectivity index (χ2n) is 4.58. The molecule has 0 fully saturated rings. The van der Waals surface area contributed by atoms with E-state index in [1.807, 2.05) is 13.0 Å². The number of hydrogen-bond acceptors (Lipinski definition) is 2. The van der Waals surface area contributed by atoms with Crippen molar-refractivity contribution in [1.82, 2.24) is 0 Å². The van der Waals surface area contributed by atoms with Gasteiger partial charge in [0, 0.05) is 6.42 Å². The second-order valence-corrected chi connectivity index (χ2v) is 4.58. The Morgan fingerprint density at radius 3 is 2.59 bits per heavy atom. The number of carbonyl (C=O) groups is 1. The van der Waals surface area contributed by atoms with Gasteiger partial charge in [0.2, 0.25) is 0 Å². The van der Waals surface area contributed by atoms with E-state index >= 15 is 0 Å². The van der Waals surface area contributed by atoms with Gasteiger partial charge >= 0.3 is 5.97 Å². The molecule has 0 spiro atoms. The molecule has 0 radical (unpaired) electrons. The first-order valence-corrected chi connectivity index (χ1v) is 6.31. The Balaban J connectivity index is 2.60. The van der Waals surface area contributed by atoms with Crippen molar-refractivity contribution in [2.24, 2.45) is 0 Å². The Hall–Kier alpha value is -1.31. The van der Waals surface area contributed by atoms with Crippen LogP contribution in [0.25, 0.3) is 0 Å². The maximum absolute atomic E-state index is 11.5. The molecule has 0 saturated carbocycles. The van der Waals surface area contributed by atoms with E-state index < -0.39 is 0 Å². The number of ether oxygens (including phenoxy) is 1. The van der Waals surface area contributed by atoms with Gasteiger partial charge in [-0.3, -0.25) is 4.79 Å². The average Bonchev–Trinajstić information content (AvgIpc) is 2.30. The van der Waals surface area contributed by atoms with E-state index in [0.29, 0.717) is 6.42 Å². The van der Waals surface area contributed by atoms with Crippen molar-refractivity contribution >= 4 is 5.97 Å². The van der Waals surface area contributed by atoms with Gasteiger partial charge in [-0.15, -0.1) is 0 Å². The van der Waals surface area contributed by atoms with Crippen LogP contribution in [0.1, 0.15) is 55.9 Å². The highest BCUT2D eigenvalue weighted by Gasteiger charge is 2.11. The number of aryl methyl sites for hydroxylation is 2. The van der Waals surface area contributed by atoms with Gasteiger partial charge in [0.25, 0.3) is 0 Å². The maximum atomic E-state index is 11.5. The predicted molar refractivity (Wildman–Crippen MR) is 69.9 cm³/mol. The van der Waals surface area contributed by atoms with Gasteiger partial charge in [-0.25, -0.2) is 0 Å². The van der Waals surface area contributed by atoms with Gasteiger partial charge in [0.15, 0.2) is 0 Å². The molecule has 1 aromatic carbocycles. The Morgan fingerprint density at radius 2 is 2.00 bits per heavy atom. The van der Waals surface area contributed by atoms with E-state index in [1.165, 1.54) is 11.1 Å². The van der Waals surface area contributed by atoms with E-state index in [2.05, 4.69) is 32.9 Å². The molecule has 17 heavy (non-hydrogen) atoms. The highest BCUT2D eigenvalue weighted by molar-refractivity contribution is 5.69. The smallest absolute Gasteiger partial charge is 0.306 e. The monoisotopic (exact) mass is 234 g/mol. The van der Waals surface area contributed by atoms with Crippen LogP contribution in [0.4, 0.5) is 0 Å². The summed E-state index contributed by atoms with van der Waals surface area (Å²) in [7, 11) is 0. The van der Waals surface area contributed by atoms with Crippen LogP contribution in [0.5, 0.6) is 0 Å². The topological polar surface area (TPSA) is 26.3 Å². The molecule has 0 unspecified atom stereocenters. The van der Waals surface area contributed by atoms with Crippen LogP contribution in [-0.2, 0) is 9.53 Å². The first-order chi connectivity index (χ1) is 8.04. The van der Waals surface area contributed by atoms with Crippen LogP contribution >= 0.6 is 0 Å². The molecule has 0 saturated heterocycles. The zero-order valence-electron chi connectivity index (χ0n) is 11.2. The minimum atomic E-state index is -0.154.